The minimum absolute atomic E-state index is 0.0413. The average molecular weight is 613 g/mol. The van der Waals surface area contributed by atoms with Gasteiger partial charge in [0.2, 0.25) is 21.8 Å². The number of methoxy groups -OCH3 is 1. The molecule has 0 bridgehead atoms. The highest BCUT2D eigenvalue weighted by Crippen LogP contribution is 2.30. The molecule has 0 aliphatic heterocycles. The van der Waals surface area contributed by atoms with Gasteiger partial charge in [-0.2, -0.15) is 0 Å². The van der Waals surface area contributed by atoms with Crippen LogP contribution >= 0.6 is 23.2 Å². The molecule has 3 rings (SSSR count). The van der Waals surface area contributed by atoms with Crippen LogP contribution < -0.4 is 14.4 Å². The van der Waals surface area contributed by atoms with E-state index in [9.17, 15) is 18.0 Å². The van der Waals surface area contributed by atoms with E-state index in [4.69, 9.17) is 27.9 Å². The van der Waals surface area contributed by atoms with E-state index >= 15 is 0 Å². The molecule has 1 aliphatic carbocycles. The number of anilines is 1. The lowest BCUT2D eigenvalue weighted by Crippen LogP contribution is -2.51. The van der Waals surface area contributed by atoms with E-state index in [0.717, 1.165) is 31.9 Å². The molecule has 2 aromatic rings. The Morgan fingerprint density at radius 3 is 2.42 bits per heavy atom. The maximum atomic E-state index is 13.7. The third-order valence-electron chi connectivity index (χ3n) is 7.20. The summed E-state index contributed by atoms with van der Waals surface area (Å²) in [5, 5.41) is 4.04. The standard InChI is InChI=1S/C29H39Cl2N3O5S/c1-4-25(29(36)32-23-11-6-5-7-12-23)33(20-21-16-17-22(30)19-24(21)31)28(35)15-10-18-34(40(3,37)38)26-13-8-9-14-27(26)39-2/h8-9,13-14,16-17,19,23,25H,4-7,10-12,15,18,20H2,1-3H3,(H,32,36)/t25-/m0/s1. The fourth-order valence-electron chi connectivity index (χ4n) is 5.12. The lowest BCUT2D eigenvalue weighted by molar-refractivity contribution is -0.141. The molecule has 1 aliphatic rings. The van der Waals surface area contributed by atoms with Gasteiger partial charge >= 0.3 is 0 Å². The Hall–Kier alpha value is -2.49. The van der Waals surface area contributed by atoms with Gasteiger partial charge in [-0.05, 0) is 55.5 Å². The SMILES string of the molecule is CC[C@@H](C(=O)NC1CCCCC1)N(Cc1ccc(Cl)cc1Cl)C(=O)CCCN(c1ccccc1OC)S(C)(=O)=O. The van der Waals surface area contributed by atoms with Gasteiger partial charge in [-0.1, -0.05) is 67.6 Å². The van der Waals surface area contributed by atoms with Crippen LogP contribution in [0, 0.1) is 0 Å². The van der Waals surface area contributed by atoms with E-state index in [2.05, 4.69) is 5.32 Å². The zero-order chi connectivity index (χ0) is 29.3. The number of carbonyl (C=O) groups is 2. The Morgan fingerprint density at radius 1 is 1.10 bits per heavy atom. The van der Waals surface area contributed by atoms with Crippen LogP contribution in [0.3, 0.4) is 0 Å². The number of rotatable bonds is 13. The Balaban J connectivity index is 1.80. The van der Waals surface area contributed by atoms with Gasteiger partial charge in [-0.3, -0.25) is 13.9 Å². The second kappa shape index (κ2) is 14.9. The first-order valence-corrected chi connectivity index (χ1v) is 16.3. The molecule has 0 radical (unpaired) electrons. The number of hydrogen-bond acceptors (Lipinski definition) is 5. The highest BCUT2D eigenvalue weighted by Gasteiger charge is 2.31. The van der Waals surface area contributed by atoms with Crippen molar-refractivity contribution in [2.75, 3.05) is 24.2 Å². The van der Waals surface area contributed by atoms with Gasteiger partial charge in [0.15, 0.2) is 0 Å². The number of amides is 2. The maximum Gasteiger partial charge on any atom is 0.243 e. The smallest absolute Gasteiger partial charge is 0.243 e. The second-order valence-electron chi connectivity index (χ2n) is 10.1. The van der Waals surface area contributed by atoms with E-state index in [-0.39, 0.29) is 43.8 Å². The second-order valence-corrected chi connectivity index (χ2v) is 12.9. The average Bonchev–Trinajstić information content (AvgIpc) is 2.92. The molecule has 8 nitrogen and oxygen atoms in total. The van der Waals surface area contributed by atoms with Crippen molar-refractivity contribution in [2.24, 2.45) is 0 Å². The molecule has 2 amide bonds. The van der Waals surface area contributed by atoms with Gasteiger partial charge in [0.05, 0.1) is 19.1 Å². The molecule has 220 valence electrons. The quantitative estimate of drug-likeness (QED) is 0.308. The topological polar surface area (TPSA) is 96.0 Å². The molecule has 2 aromatic carbocycles. The van der Waals surface area contributed by atoms with Gasteiger partial charge in [-0.25, -0.2) is 8.42 Å². The summed E-state index contributed by atoms with van der Waals surface area (Å²) in [6.07, 6.45) is 7.02. The predicted octanol–water partition coefficient (Wildman–Crippen LogP) is 5.80. The number of carbonyl (C=O) groups excluding carboxylic acids is 2. The van der Waals surface area contributed by atoms with Crippen molar-refractivity contribution in [1.82, 2.24) is 10.2 Å². The molecule has 0 aromatic heterocycles. The van der Waals surface area contributed by atoms with Gasteiger partial charge in [0.1, 0.15) is 11.8 Å². The molecule has 0 saturated heterocycles. The Kier molecular flexibility index (Phi) is 12.0. The van der Waals surface area contributed by atoms with Crippen LogP contribution in [0.15, 0.2) is 42.5 Å². The van der Waals surface area contributed by atoms with Crippen LogP contribution in [0.2, 0.25) is 10.0 Å². The number of halogens is 2. The number of ether oxygens (including phenoxy) is 1. The summed E-state index contributed by atoms with van der Waals surface area (Å²) < 4.78 is 31.9. The summed E-state index contributed by atoms with van der Waals surface area (Å²) in [5.74, 6) is -0.0200. The Labute approximate surface area is 248 Å². The summed E-state index contributed by atoms with van der Waals surface area (Å²) in [5.41, 5.74) is 1.08. The minimum atomic E-state index is -3.64. The van der Waals surface area contributed by atoms with Crippen LogP contribution in [-0.2, 0) is 26.2 Å². The molecular weight excluding hydrogens is 573 g/mol. The van der Waals surface area contributed by atoms with Gasteiger partial charge < -0.3 is 15.0 Å². The van der Waals surface area contributed by atoms with Crippen LogP contribution in [0.25, 0.3) is 0 Å². The summed E-state index contributed by atoms with van der Waals surface area (Å²) in [6, 6.07) is 11.3. The monoisotopic (exact) mass is 611 g/mol. The van der Waals surface area contributed by atoms with E-state index in [1.165, 1.54) is 17.8 Å². The molecule has 11 heteroatoms. The van der Waals surface area contributed by atoms with Crippen molar-refractivity contribution < 1.29 is 22.7 Å². The van der Waals surface area contributed by atoms with Crippen LogP contribution in [0.5, 0.6) is 5.75 Å². The largest absolute Gasteiger partial charge is 0.495 e. The molecular formula is C29H39Cl2N3O5S. The molecule has 0 heterocycles. The van der Waals surface area contributed by atoms with E-state index in [1.54, 1.807) is 47.4 Å². The van der Waals surface area contributed by atoms with E-state index in [0.29, 0.717) is 33.5 Å². The molecule has 1 saturated carbocycles. The molecule has 1 atom stereocenters. The number of benzene rings is 2. The van der Waals surface area contributed by atoms with Gasteiger partial charge in [-0.15, -0.1) is 0 Å². The Morgan fingerprint density at radius 2 is 1.80 bits per heavy atom. The number of nitrogens with one attached hydrogen (secondary N) is 1. The molecule has 0 unspecified atom stereocenters. The zero-order valence-electron chi connectivity index (χ0n) is 23.4. The maximum absolute atomic E-state index is 13.7. The number of nitrogens with zero attached hydrogens (tertiary/aromatic N) is 2. The number of sulfonamides is 1. The third kappa shape index (κ3) is 8.75. The first-order valence-electron chi connectivity index (χ1n) is 13.7. The highest BCUT2D eigenvalue weighted by molar-refractivity contribution is 7.92. The first kappa shape index (κ1) is 32.0. The summed E-state index contributed by atoms with van der Waals surface area (Å²) in [7, 11) is -2.17. The third-order valence-corrected chi connectivity index (χ3v) is 8.97. The molecule has 0 spiro atoms. The van der Waals surface area contributed by atoms with Crippen LogP contribution in [-0.4, -0.2) is 57.1 Å². The molecule has 1 N–H and O–H groups in total. The lowest BCUT2D eigenvalue weighted by atomic mass is 9.95. The number of hydrogen-bond donors (Lipinski definition) is 1. The highest BCUT2D eigenvalue weighted by atomic mass is 35.5. The summed E-state index contributed by atoms with van der Waals surface area (Å²) >= 11 is 12.5. The van der Waals surface area contributed by atoms with Crippen molar-refractivity contribution in [1.29, 1.82) is 0 Å². The fraction of sp³-hybridized carbons (Fsp3) is 0.517. The normalized spacial score (nSPS) is 14.8. The zero-order valence-corrected chi connectivity index (χ0v) is 25.7. The van der Waals surface area contributed by atoms with E-state index in [1.807, 2.05) is 6.92 Å². The molecule has 1 fully saturated rings. The van der Waals surface area contributed by atoms with Gasteiger partial charge in [0.25, 0.3) is 0 Å². The van der Waals surface area contributed by atoms with E-state index < -0.39 is 16.1 Å². The van der Waals surface area contributed by atoms with Crippen molar-refractivity contribution in [3.8, 4) is 5.75 Å². The van der Waals surface area contributed by atoms with Gasteiger partial charge in [0, 0.05) is 35.6 Å². The summed E-state index contributed by atoms with van der Waals surface area (Å²) in [6.45, 7) is 2.08. The van der Waals surface area contributed by atoms with Crippen molar-refractivity contribution in [2.45, 2.75) is 76.9 Å². The Bertz CT molecular complexity index is 1270. The number of para-hydroxylation sites is 2. The first-order chi connectivity index (χ1) is 19.0. The molecule has 40 heavy (non-hydrogen) atoms. The fourth-order valence-corrected chi connectivity index (χ4v) is 6.55. The lowest BCUT2D eigenvalue weighted by Gasteiger charge is -2.33. The van der Waals surface area contributed by atoms with Crippen molar-refractivity contribution >= 4 is 50.7 Å². The van der Waals surface area contributed by atoms with Crippen molar-refractivity contribution in [3.63, 3.8) is 0 Å². The van der Waals surface area contributed by atoms with Crippen LogP contribution in [0.1, 0.15) is 63.9 Å². The van der Waals surface area contributed by atoms with Crippen molar-refractivity contribution in [3.05, 3.63) is 58.1 Å². The van der Waals surface area contributed by atoms with Crippen LogP contribution in [0.4, 0.5) is 5.69 Å². The minimum Gasteiger partial charge on any atom is -0.495 e. The summed E-state index contributed by atoms with van der Waals surface area (Å²) in [4.78, 5) is 28.7. The predicted molar refractivity (Wildman–Crippen MR) is 161 cm³/mol.